The lowest BCUT2D eigenvalue weighted by molar-refractivity contribution is -0.0980. The maximum absolute atomic E-state index is 12.0. The molecule has 8 heteroatoms. The Balaban J connectivity index is 1.54. The monoisotopic (exact) mass is 344 g/mol. The van der Waals surface area contributed by atoms with Gasteiger partial charge >= 0.3 is 0 Å². The minimum absolute atomic E-state index is 0.000131. The van der Waals surface area contributed by atoms with Crippen molar-refractivity contribution < 1.29 is 22.3 Å². The predicted molar refractivity (Wildman–Crippen MR) is 83.3 cm³/mol. The van der Waals surface area contributed by atoms with E-state index in [2.05, 4.69) is 4.90 Å². The molecule has 0 atom stereocenters. The van der Waals surface area contributed by atoms with Crippen LogP contribution in [0.2, 0.25) is 0 Å². The van der Waals surface area contributed by atoms with Gasteiger partial charge in [0.25, 0.3) is 10.0 Å². The zero-order valence-electron chi connectivity index (χ0n) is 13.6. The Labute approximate surface area is 137 Å². The van der Waals surface area contributed by atoms with Crippen LogP contribution < -0.4 is 0 Å². The molecule has 0 spiro atoms. The number of nitrogens with zero attached hydrogens (tertiary/aromatic N) is 2. The van der Waals surface area contributed by atoms with Crippen molar-refractivity contribution in [2.24, 2.45) is 5.92 Å². The molecule has 0 aromatic carbocycles. The third kappa shape index (κ3) is 3.77. The van der Waals surface area contributed by atoms with Gasteiger partial charge in [-0.3, -0.25) is 4.90 Å². The number of rotatable bonds is 5. The highest BCUT2D eigenvalue weighted by atomic mass is 32.2. The fourth-order valence-corrected chi connectivity index (χ4v) is 3.83. The topological polar surface area (TPSA) is 72.2 Å². The normalized spacial score (nSPS) is 22.2. The largest absolute Gasteiger partial charge is 0.447 e. The fraction of sp³-hybridized carbons (Fsp3) is 0.733. The molecule has 2 aliphatic heterocycles. The van der Waals surface area contributed by atoms with Crippen molar-refractivity contribution in [2.75, 3.05) is 40.4 Å². The van der Waals surface area contributed by atoms with E-state index in [4.69, 9.17) is 13.9 Å². The summed E-state index contributed by atoms with van der Waals surface area (Å²) in [5.41, 5.74) is 0. The Kier molecular flexibility index (Phi) is 5.07. The van der Waals surface area contributed by atoms with Gasteiger partial charge in [0, 0.05) is 20.0 Å². The number of likely N-dealkylation sites (tertiary alicyclic amines) is 1. The van der Waals surface area contributed by atoms with Crippen LogP contribution in [-0.2, 0) is 26.0 Å². The Hall–Kier alpha value is -0.930. The van der Waals surface area contributed by atoms with Crippen LogP contribution in [0.5, 0.6) is 0 Å². The summed E-state index contributed by atoms with van der Waals surface area (Å²) in [6.45, 7) is 3.89. The zero-order valence-corrected chi connectivity index (χ0v) is 14.4. The first-order valence-electron chi connectivity index (χ1n) is 7.93. The van der Waals surface area contributed by atoms with Crippen LogP contribution in [0.1, 0.15) is 18.6 Å². The Morgan fingerprint density at radius 3 is 2.43 bits per heavy atom. The van der Waals surface area contributed by atoms with E-state index in [1.54, 1.807) is 6.07 Å². The minimum atomic E-state index is -3.50. The van der Waals surface area contributed by atoms with E-state index in [1.165, 1.54) is 20.2 Å². The molecule has 0 amide bonds. The molecule has 130 valence electrons. The molecule has 2 aliphatic rings. The molecule has 0 aliphatic carbocycles. The molecule has 1 aromatic rings. The molecule has 2 fully saturated rings. The first-order valence-corrected chi connectivity index (χ1v) is 9.37. The van der Waals surface area contributed by atoms with Crippen molar-refractivity contribution in [1.29, 1.82) is 0 Å². The van der Waals surface area contributed by atoms with Gasteiger partial charge < -0.3 is 13.9 Å². The molecule has 0 radical (unpaired) electrons. The van der Waals surface area contributed by atoms with Crippen LogP contribution in [0.25, 0.3) is 0 Å². The molecule has 0 bridgehead atoms. The molecule has 7 nitrogen and oxygen atoms in total. The summed E-state index contributed by atoms with van der Waals surface area (Å²) in [5, 5.41) is 0.000131. The summed E-state index contributed by atoms with van der Waals surface area (Å²) in [6, 6.07) is 3.27. The lowest BCUT2D eigenvalue weighted by Gasteiger charge is -2.33. The van der Waals surface area contributed by atoms with Crippen LogP contribution in [-0.4, -0.2) is 64.3 Å². The van der Waals surface area contributed by atoms with E-state index < -0.39 is 10.0 Å². The predicted octanol–water partition coefficient (Wildman–Crippen LogP) is 1.11. The molecule has 23 heavy (non-hydrogen) atoms. The standard InChI is InChI=1S/C15H24N2O5S/c1-16(2)23(18,19)14-4-3-13(22-14)11-17-7-5-12(6-8-17)15-20-9-10-21-15/h3-4,12,15H,5-11H2,1-2H3. The summed E-state index contributed by atoms with van der Waals surface area (Å²) >= 11 is 0. The van der Waals surface area contributed by atoms with Crippen LogP contribution in [0.3, 0.4) is 0 Å². The average molecular weight is 344 g/mol. The SMILES string of the molecule is CN(C)S(=O)(=O)c1ccc(CN2CCC(C3OCCO3)CC2)o1. The average Bonchev–Trinajstić information content (AvgIpc) is 3.19. The number of ether oxygens (including phenoxy) is 2. The highest BCUT2D eigenvalue weighted by Gasteiger charge is 2.30. The summed E-state index contributed by atoms with van der Waals surface area (Å²) in [7, 11) is -0.511. The summed E-state index contributed by atoms with van der Waals surface area (Å²) in [5.74, 6) is 1.13. The lowest BCUT2D eigenvalue weighted by Crippen LogP contribution is -2.37. The number of hydrogen-bond acceptors (Lipinski definition) is 6. The van der Waals surface area contributed by atoms with Gasteiger partial charge in [-0.15, -0.1) is 0 Å². The summed E-state index contributed by atoms with van der Waals surface area (Å²) in [4.78, 5) is 2.27. The van der Waals surface area contributed by atoms with Gasteiger partial charge in [-0.25, -0.2) is 12.7 Å². The second kappa shape index (κ2) is 6.90. The maximum Gasteiger partial charge on any atom is 0.275 e. The first kappa shape index (κ1) is 16.9. The fourth-order valence-electron chi connectivity index (χ4n) is 3.01. The molecular formula is C15H24N2O5S. The molecule has 0 N–H and O–H groups in total. The number of furan rings is 1. The second-order valence-corrected chi connectivity index (χ2v) is 8.31. The van der Waals surface area contributed by atoms with E-state index in [1.807, 2.05) is 0 Å². The van der Waals surface area contributed by atoms with Gasteiger partial charge in [0.15, 0.2) is 6.29 Å². The molecule has 3 rings (SSSR count). The number of hydrogen-bond donors (Lipinski definition) is 0. The van der Waals surface area contributed by atoms with Gasteiger partial charge in [0.2, 0.25) is 5.09 Å². The van der Waals surface area contributed by atoms with E-state index in [0.717, 1.165) is 30.2 Å². The van der Waals surface area contributed by atoms with Crippen molar-refractivity contribution in [3.05, 3.63) is 17.9 Å². The minimum Gasteiger partial charge on any atom is -0.447 e. The van der Waals surface area contributed by atoms with Crippen LogP contribution in [0.15, 0.2) is 21.6 Å². The van der Waals surface area contributed by atoms with E-state index in [-0.39, 0.29) is 11.4 Å². The Morgan fingerprint density at radius 1 is 1.17 bits per heavy atom. The number of piperidine rings is 1. The van der Waals surface area contributed by atoms with Crippen molar-refractivity contribution in [1.82, 2.24) is 9.21 Å². The van der Waals surface area contributed by atoms with Crippen molar-refractivity contribution in [3.8, 4) is 0 Å². The molecule has 2 saturated heterocycles. The summed E-state index contributed by atoms with van der Waals surface area (Å²) < 4.78 is 41.9. The van der Waals surface area contributed by atoms with Gasteiger partial charge in [-0.1, -0.05) is 0 Å². The highest BCUT2D eigenvalue weighted by molar-refractivity contribution is 7.88. The van der Waals surface area contributed by atoms with E-state index >= 15 is 0 Å². The summed E-state index contributed by atoms with van der Waals surface area (Å²) in [6.07, 6.45) is 2.00. The van der Waals surface area contributed by atoms with Crippen molar-refractivity contribution in [3.63, 3.8) is 0 Å². The van der Waals surface area contributed by atoms with Gasteiger partial charge in [0.05, 0.1) is 19.8 Å². The number of sulfonamides is 1. The van der Waals surface area contributed by atoms with Gasteiger partial charge in [0.1, 0.15) is 5.76 Å². The third-order valence-corrected chi connectivity index (χ3v) is 6.11. The Bertz CT molecular complexity index is 614. The van der Waals surface area contributed by atoms with Crippen LogP contribution in [0.4, 0.5) is 0 Å². The highest BCUT2D eigenvalue weighted by Crippen LogP contribution is 2.27. The maximum atomic E-state index is 12.0. The molecule has 1 aromatic heterocycles. The van der Waals surface area contributed by atoms with Crippen molar-refractivity contribution in [2.45, 2.75) is 30.8 Å². The van der Waals surface area contributed by atoms with Gasteiger partial charge in [-0.2, -0.15) is 0 Å². The lowest BCUT2D eigenvalue weighted by atomic mass is 9.96. The third-order valence-electron chi connectivity index (χ3n) is 4.42. The molecule has 3 heterocycles. The second-order valence-electron chi connectivity index (χ2n) is 6.23. The van der Waals surface area contributed by atoms with Crippen molar-refractivity contribution >= 4 is 10.0 Å². The quantitative estimate of drug-likeness (QED) is 0.797. The van der Waals surface area contributed by atoms with Crippen LogP contribution >= 0.6 is 0 Å². The van der Waals surface area contributed by atoms with E-state index in [0.29, 0.717) is 31.4 Å². The van der Waals surface area contributed by atoms with Gasteiger partial charge in [-0.05, 0) is 38.1 Å². The van der Waals surface area contributed by atoms with E-state index in [9.17, 15) is 8.42 Å². The Morgan fingerprint density at radius 2 is 1.83 bits per heavy atom. The first-order chi connectivity index (χ1) is 11.0. The zero-order chi connectivity index (χ0) is 16.4. The molecular weight excluding hydrogens is 320 g/mol. The van der Waals surface area contributed by atoms with Crippen LogP contribution in [0, 0.1) is 5.92 Å². The smallest absolute Gasteiger partial charge is 0.275 e. The molecule has 0 saturated carbocycles. The molecule has 0 unspecified atom stereocenters.